The predicted molar refractivity (Wildman–Crippen MR) is 62.5 cm³/mol. The highest BCUT2D eigenvalue weighted by Gasteiger charge is 2.14. The maximum atomic E-state index is 11.7. The van der Waals surface area contributed by atoms with Gasteiger partial charge in [0.25, 0.3) is 0 Å². The summed E-state index contributed by atoms with van der Waals surface area (Å²) in [6, 6.07) is 5.04. The molecule has 4 heteroatoms. The SMILES string of the molecule is COc1cccc(C(=O)OCC(C)C)c1N. The van der Waals surface area contributed by atoms with Crippen LogP contribution >= 0.6 is 0 Å². The van der Waals surface area contributed by atoms with E-state index in [1.54, 1.807) is 18.2 Å². The van der Waals surface area contributed by atoms with E-state index in [0.29, 0.717) is 29.5 Å². The van der Waals surface area contributed by atoms with Crippen LogP contribution in [-0.4, -0.2) is 19.7 Å². The van der Waals surface area contributed by atoms with Gasteiger partial charge in [0.05, 0.1) is 25.0 Å². The highest BCUT2D eigenvalue weighted by molar-refractivity contribution is 5.96. The molecular weight excluding hydrogens is 206 g/mol. The van der Waals surface area contributed by atoms with Gasteiger partial charge in [-0.05, 0) is 18.1 Å². The monoisotopic (exact) mass is 223 g/mol. The van der Waals surface area contributed by atoms with E-state index in [9.17, 15) is 4.79 Å². The highest BCUT2D eigenvalue weighted by Crippen LogP contribution is 2.25. The molecule has 16 heavy (non-hydrogen) atoms. The van der Waals surface area contributed by atoms with Crippen molar-refractivity contribution in [2.45, 2.75) is 13.8 Å². The van der Waals surface area contributed by atoms with Gasteiger partial charge in [0.1, 0.15) is 5.75 Å². The number of esters is 1. The number of hydrogen-bond acceptors (Lipinski definition) is 4. The first-order valence-electron chi connectivity index (χ1n) is 5.15. The van der Waals surface area contributed by atoms with Crippen LogP contribution in [0.3, 0.4) is 0 Å². The van der Waals surface area contributed by atoms with Crippen molar-refractivity contribution in [3.63, 3.8) is 0 Å². The van der Waals surface area contributed by atoms with Gasteiger partial charge in [-0.15, -0.1) is 0 Å². The van der Waals surface area contributed by atoms with E-state index in [1.165, 1.54) is 7.11 Å². The number of nitrogen functional groups attached to an aromatic ring is 1. The van der Waals surface area contributed by atoms with Crippen molar-refractivity contribution in [2.75, 3.05) is 19.5 Å². The number of para-hydroxylation sites is 1. The van der Waals surface area contributed by atoms with E-state index in [0.717, 1.165) is 0 Å². The second-order valence-corrected chi connectivity index (χ2v) is 3.91. The Balaban J connectivity index is 2.83. The lowest BCUT2D eigenvalue weighted by Crippen LogP contribution is -2.12. The molecule has 0 aromatic heterocycles. The molecule has 0 radical (unpaired) electrons. The number of ether oxygens (including phenoxy) is 2. The number of anilines is 1. The molecule has 0 amide bonds. The third-order valence-corrected chi connectivity index (χ3v) is 2.05. The second kappa shape index (κ2) is 5.39. The molecule has 0 saturated heterocycles. The number of hydrogen-bond donors (Lipinski definition) is 1. The predicted octanol–water partition coefficient (Wildman–Crippen LogP) is 2.09. The minimum atomic E-state index is -0.412. The average Bonchev–Trinajstić information content (AvgIpc) is 2.26. The quantitative estimate of drug-likeness (QED) is 0.627. The zero-order valence-electron chi connectivity index (χ0n) is 9.82. The van der Waals surface area contributed by atoms with Gasteiger partial charge >= 0.3 is 5.97 Å². The second-order valence-electron chi connectivity index (χ2n) is 3.91. The molecule has 0 aliphatic heterocycles. The van der Waals surface area contributed by atoms with E-state index in [2.05, 4.69) is 0 Å². The Labute approximate surface area is 95.3 Å². The molecule has 0 bridgehead atoms. The molecule has 0 fully saturated rings. The van der Waals surface area contributed by atoms with Crippen molar-refractivity contribution in [1.82, 2.24) is 0 Å². The fraction of sp³-hybridized carbons (Fsp3) is 0.417. The Morgan fingerprint density at radius 1 is 1.44 bits per heavy atom. The van der Waals surface area contributed by atoms with Crippen LogP contribution in [0.5, 0.6) is 5.75 Å². The lowest BCUT2D eigenvalue weighted by molar-refractivity contribution is 0.0460. The molecule has 1 aromatic carbocycles. The van der Waals surface area contributed by atoms with Gasteiger partial charge in [0.2, 0.25) is 0 Å². The Hall–Kier alpha value is -1.71. The average molecular weight is 223 g/mol. The Kier molecular flexibility index (Phi) is 4.17. The van der Waals surface area contributed by atoms with Crippen molar-refractivity contribution in [2.24, 2.45) is 5.92 Å². The zero-order chi connectivity index (χ0) is 12.1. The van der Waals surface area contributed by atoms with Crippen LogP contribution < -0.4 is 10.5 Å². The third kappa shape index (κ3) is 2.89. The van der Waals surface area contributed by atoms with Crippen LogP contribution in [0.25, 0.3) is 0 Å². The molecule has 0 aliphatic carbocycles. The largest absolute Gasteiger partial charge is 0.495 e. The number of methoxy groups -OCH3 is 1. The van der Waals surface area contributed by atoms with Crippen LogP contribution in [0.2, 0.25) is 0 Å². The smallest absolute Gasteiger partial charge is 0.340 e. The summed E-state index contributed by atoms with van der Waals surface area (Å²) in [6.45, 7) is 4.33. The fourth-order valence-corrected chi connectivity index (χ4v) is 1.22. The number of nitrogens with two attached hydrogens (primary N) is 1. The molecule has 0 saturated carbocycles. The van der Waals surface area contributed by atoms with Crippen LogP contribution in [0.1, 0.15) is 24.2 Å². The van der Waals surface area contributed by atoms with Crippen molar-refractivity contribution in [3.8, 4) is 5.75 Å². The van der Waals surface area contributed by atoms with E-state index in [4.69, 9.17) is 15.2 Å². The summed E-state index contributed by atoms with van der Waals surface area (Å²) in [4.78, 5) is 11.7. The Bertz CT molecular complexity index is 375. The molecule has 1 rings (SSSR count). The Morgan fingerprint density at radius 2 is 2.12 bits per heavy atom. The molecule has 88 valence electrons. The van der Waals surface area contributed by atoms with E-state index >= 15 is 0 Å². The minimum absolute atomic E-state index is 0.302. The van der Waals surface area contributed by atoms with Gasteiger partial charge < -0.3 is 15.2 Å². The molecule has 1 aromatic rings. The van der Waals surface area contributed by atoms with Gasteiger partial charge in [-0.25, -0.2) is 4.79 Å². The van der Waals surface area contributed by atoms with Crippen molar-refractivity contribution in [1.29, 1.82) is 0 Å². The minimum Gasteiger partial charge on any atom is -0.495 e. The summed E-state index contributed by atoms with van der Waals surface area (Å²) in [5.41, 5.74) is 6.44. The van der Waals surface area contributed by atoms with Crippen LogP contribution in [-0.2, 0) is 4.74 Å². The molecule has 2 N–H and O–H groups in total. The van der Waals surface area contributed by atoms with Crippen LogP contribution in [0, 0.1) is 5.92 Å². The number of carbonyl (C=O) groups is 1. The van der Waals surface area contributed by atoms with Gasteiger partial charge in [0, 0.05) is 0 Å². The molecule has 0 spiro atoms. The van der Waals surface area contributed by atoms with Crippen LogP contribution in [0.4, 0.5) is 5.69 Å². The van der Waals surface area contributed by atoms with E-state index in [-0.39, 0.29) is 0 Å². The summed E-state index contributed by atoms with van der Waals surface area (Å²) in [7, 11) is 1.51. The van der Waals surface area contributed by atoms with Crippen LogP contribution in [0.15, 0.2) is 18.2 Å². The highest BCUT2D eigenvalue weighted by atomic mass is 16.5. The van der Waals surface area contributed by atoms with Gasteiger partial charge in [0.15, 0.2) is 0 Å². The number of carbonyl (C=O) groups excluding carboxylic acids is 1. The summed E-state index contributed by atoms with van der Waals surface area (Å²) in [5.74, 6) is 0.375. The van der Waals surface area contributed by atoms with E-state index in [1.807, 2.05) is 13.8 Å². The molecule has 0 atom stereocenters. The standard InChI is InChI=1S/C12H17NO3/c1-8(2)7-16-12(14)9-5-4-6-10(15-3)11(9)13/h4-6,8H,7,13H2,1-3H3. The topological polar surface area (TPSA) is 61.5 Å². The first kappa shape index (κ1) is 12.4. The van der Waals surface area contributed by atoms with Gasteiger partial charge in [-0.1, -0.05) is 19.9 Å². The molecule has 0 heterocycles. The summed E-state index contributed by atoms with van der Waals surface area (Å²) in [5, 5.41) is 0. The first-order valence-corrected chi connectivity index (χ1v) is 5.15. The molecule has 4 nitrogen and oxygen atoms in total. The van der Waals surface area contributed by atoms with Crippen molar-refractivity contribution in [3.05, 3.63) is 23.8 Å². The van der Waals surface area contributed by atoms with Gasteiger partial charge in [-0.2, -0.15) is 0 Å². The molecule has 0 aliphatic rings. The van der Waals surface area contributed by atoms with E-state index < -0.39 is 5.97 Å². The fourth-order valence-electron chi connectivity index (χ4n) is 1.22. The normalized spacial score (nSPS) is 10.2. The lowest BCUT2D eigenvalue weighted by Gasteiger charge is -2.10. The zero-order valence-corrected chi connectivity index (χ0v) is 9.82. The van der Waals surface area contributed by atoms with Crippen molar-refractivity contribution < 1.29 is 14.3 Å². The maximum absolute atomic E-state index is 11.7. The van der Waals surface area contributed by atoms with Gasteiger partial charge in [-0.3, -0.25) is 0 Å². The number of benzene rings is 1. The summed E-state index contributed by atoms with van der Waals surface area (Å²) in [6.07, 6.45) is 0. The third-order valence-electron chi connectivity index (χ3n) is 2.05. The first-order chi connectivity index (χ1) is 7.56. The molecule has 0 unspecified atom stereocenters. The Morgan fingerprint density at radius 3 is 2.69 bits per heavy atom. The summed E-state index contributed by atoms with van der Waals surface area (Å²) >= 11 is 0. The number of rotatable bonds is 4. The summed E-state index contributed by atoms with van der Waals surface area (Å²) < 4.78 is 10.1. The van der Waals surface area contributed by atoms with Crippen molar-refractivity contribution >= 4 is 11.7 Å². The lowest BCUT2D eigenvalue weighted by atomic mass is 10.1. The maximum Gasteiger partial charge on any atom is 0.340 e. The molecular formula is C12H17NO3.